The lowest BCUT2D eigenvalue weighted by molar-refractivity contribution is 0.0778. The summed E-state index contributed by atoms with van der Waals surface area (Å²) in [6.07, 6.45) is -0.856. The molecule has 0 fully saturated rings. The minimum Gasteiger partial charge on any atom is -0.300 e. The monoisotopic (exact) mass is 247 g/mol. The van der Waals surface area contributed by atoms with Crippen LogP contribution in [0.5, 0.6) is 0 Å². The summed E-state index contributed by atoms with van der Waals surface area (Å²) in [5.41, 5.74) is -0.647. The molecule has 0 aromatic carbocycles. The third-order valence-corrected chi connectivity index (χ3v) is 2.89. The Morgan fingerprint density at radius 1 is 1.47 bits per heavy atom. The molecule has 3 nitrogen and oxygen atoms in total. The van der Waals surface area contributed by atoms with E-state index in [2.05, 4.69) is 11.4 Å². The third kappa shape index (κ3) is 6.54. The van der Waals surface area contributed by atoms with Crippen molar-refractivity contribution >= 4 is 0 Å². The largest absolute Gasteiger partial charge is 0.300 e. The van der Waals surface area contributed by atoms with Gasteiger partial charge in [0.1, 0.15) is 5.54 Å². The van der Waals surface area contributed by atoms with E-state index in [0.717, 1.165) is 13.0 Å². The average molecular weight is 247 g/mol. The zero-order chi connectivity index (χ0) is 13.5. The van der Waals surface area contributed by atoms with E-state index in [9.17, 15) is 8.78 Å². The molecule has 0 radical (unpaired) electrons. The third-order valence-electron chi connectivity index (χ3n) is 2.89. The Morgan fingerprint density at radius 3 is 2.47 bits per heavy atom. The van der Waals surface area contributed by atoms with Gasteiger partial charge < -0.3 is 0 Å². The molecule has 0 saturated heterocycles. The van der Waals surface area contributed by atoms with Crippen LogP contribution in [0.2, 0.25) is 0 Å². The fraction of sp³-hybridized carbons (Fsp3) is 0.917. The molecule has 0 aromatic heterocycles. The van der Waals surface area contributed by atoms with E-state index in [1.807, 2.05) is 20.8 Å². The maximum atomic E-state index is 12.2. The van der Waals surface area contributed by atoms with Gasteiger partial charge in [-0.25, -0.2) is 8.78 Å². The number of alkyl halides is 2. The van der Waals surface area contributed by atoms with Crippen molar-refractivity contribution in [1.29, 1.82) is 5.26 Å². The molecule has 0 saturated carbocycles. The summed E-state index contributed by atoms with van der Waals surface area (Å²) in [5, 5.41) is 12.3. The molecule has 0 heterocycles. The highest BCUT2D eigenvalue weighted by atomic mass is 19.3. The van der Waals surface area contributed by atoms with Crippen LogP contribution in [0.1, 0.15) is 33.6 Å². The molecule has 0 aliphatic heterocycles. The number of nitriles is 1. The molecule has 0 aromatic rings. The number of hydrogen-bond donors (Lipinski definition) is 1. The lowest BCUT2D eigenvalue weighted by atomic mass is 9.94. The lowest BCUT2D eigenvalue weighted by Crippen LogP contribution is -2.47. The van der Waals surface area contributed by atoms with Gasteiger partial charge in [-0.2, -0.15) is 5.26 Å². The Hall–Kier alpha value is -0.730. The molecule has 1 N–H and O–H groups in total. The molecular weight excluding hydrogens is 224 g/mol. The topological polar surface area (TPSA) is 39.1 Å². The standard InChI is InChI=1S/C12H23F2N3/c1-5-6-16-12(3,9-15)7-10(2)17(4)8-11(13)14/h10-11,16H,5-8H2,1-4H3. The summed E-state index contributed by atoms with van der Waals surface area (Å²) < 4.78 is 24.5. The highest BCUT2D eigenvalue weighted by Gasteiger charge is 2.27. The highest BCUT2D eigenvalue weighted by Crippen LogP contribution is 2.15. The van der Waals surface area contributed by atoms with E-state index in [4.69, 9.17) is 5.26 Å². The predicted octanol–water partition coefficient (Wildman–Crippen LogP) is 2.24. The zero-order valence-electron chi connectivity index (χ0n) is 11.1. The van der Waals surface area contributed by atoms with Crippen molar-refractivity contribution in [3.8, 4) is 6.07 Å². The average Bonchev–Trinajstić information content (AvgIpc) is 2.25. The second-order valence-electron chi connectivity index (χ2n) is 4.75. The van der Waals surface area contributed by atoms with Gasteiger partial charge in [-0.1, -0.05) is 6.92 Å². The molecule has 0 rings (SSSR count). The van der Waals surface area contributed by atoms with Crippen LogP contribution in [0.4, 0.5) is 8.78 Å². The molecule has 100 valence electrons. The first-order chi connectivity index (χ1) is 7.84. The fourth-order valence-corrected chi connectivity index (χ4v) is 1.70. The van der Waals surface area contributed by atoms with Gasteiger partial charge in [0.2, 0.25) is 0 Å². The molecule has 2 atom stereocenters. The van der Waals surface area contributed by atoms with Crippen LogP contribution in [-0.2, 0) is 0 Å². The first kappa shape index (κ1) is 16.3. The lowest BCUT2D eigenvalue weighted by Gasteiger charge is -2.31. The van der Waals surface area contributed by atoms with Crippen LogP contribution >= 0.6 is 0 Å². The smallest absolute Gasteiger partial charge is 0.251 e. The van der Waals surface area contributed by atoms with Gasteiger partial charge in [0, 0.05) is 6.04 Å². The Bertz CT molecular complexity index is 253. The molecular formula is C12H23F2N3. The molecule has 0 aliphatic carbocycles. The van der Waals surface area contributed by atoms with Gasteiger partial charge in [0.15, 0.2) is 0 Å². The minimum absolute atomic E-state index is 0.0574. The number of nitrogens with zero attached hydrogens (tertiary/aromatic N) is 2. The second kappa shape index (κ2) is 7.57. The Morgan fingerprint density at radius 2 is 2.06 bits per heavy atom. The van der Waals surface area contributed by atoms with Gasteiger partial charge in [-0.05, 0) is 40.3 Å². The van der Waals surface area contributed by atoms with Gasteiger partial charge in [-0.3, -0.25) is 10.2 Å². The maximum absolute atomic E-state index is 12.2. The summed E-state index contributed by atoms with van der Waals surface area (Å²) in [7, 11) is 1.66. The Balaban J connectivity index is 4.31. The minimum atomic E-state index is -2.33. The quantitative estimate of drug-likeness (QED) is 0.715. The van der Waals surface area contributed by atoms with Gasteiger partial charge in [0.25, 0.3) is 6.43 Å². The van der Waals surface area contributed by atoms with E-state index in [0.29, 0.717) is 6.42 Å². The SMILES string of the molecule is CCCNC(C)(C#N)CC(C)N(C)CC(F)F. The Labute approximate surface area is 103 Å². The molecule has 0 bridgehead atoms. The molecule has 2 unspecified atom stereocenters. The van der Waals surface area contributed by atoms with Crippen molar-refractivity contribution in [2.45, 2.75) is 51.6 Å². The van der Waals surface area contributed by atoms with Crippen LogP contribution in [0.25, 0.3) is 0 Å². The number of nitrogens with one attached hydrogen (secondary N) is 1. The predicted molar refractivity (Wildman–Crippen MR) is 65.0 cm³/mol. The molecule has 0 spiro atoms. The van der Waals surface area contributed by atoms with Crippen LogP contribution < -0.4 is 5.32 Å². The van der Waals surface area contributed by atoms with Crippen molar-refractivity contribution in [1.82, 2.24) is 10.2 Å². The maximum Gasteiger partial charge on any atom is 0.251 e. The fourth-order valence-electron chi connectivity index (χ4n) is 1.70. The number of halogens is 2. The summed E-state index contributed by atoms with van der Waals surface area (Å²) in [6, 6.07) is 2.17. The summed E-state index contributed by atoms with van der Waals surface area (Å²) in [6.45, 7) is 6.21. The van der Waals surface area contributed by atoms with Gasteiger partial charge in [-0.15, -0.1) is 0 Å². The number of hydrogen-bond acceptors (Lipinski definition) is 3. The summed E-state index contributed by atoms with van der Waals surface area (Å²) >= 11 is 0. The van der Waals surface area contributed by atoms with E-state index in [1.165, 1.54) is 0 Å². The normalized spacial score (nSPS) is 16.9. The van der Waals surface area contributed by atoms with E-state index in [-0.39, 0.29) is 12.6 Å². The molecule has 5 heteroatoms. The number of rotatable bonds is 8. The van der Waals surface area contributed by atoms with E-state index < -0.39 is 12.0 Å². The first-order valence-corrected chi connectivity index (χ1v) is 5.99. The van der Waals surface area contributed by atoms with Crippen molar-refractivity contribution in [2.24, 2.45) is 0 Å². The first-order valence-electron chi connectivity index (χ1n) is 5.99. The summed E-state index contributed by atoms with van der Waals surface area (Å²) in [5.74, 6) is 0. The van der Waals surface area contributed by atoms with Crippen LogP contribution in [0, 0.1) is 11.3 Å². The van der Waals surface area contributed by atoms with Crippen molar-refractivity contribution in [2.75, 3.05) is 20.1 Å². The zero-order valence-corrected chi connectivity index (χ0v) is 11.1. The van der Waals surface area contributed by atoms with Crippen LogP contribution in [0.15, 0.2) is 0 Å². The van der Waals surface area contributed by atoms with E-state index in [1.54, 1.807) is 11.9 Å². The van der Waals surface area contributed by atoms with Crippen molar-refractivity contribution < 1.29 is 8.78 Å². The molecule has 0 amide bonds. The van der Waals surface area contributed by atoms with Crippen molar-refractivity contribution in [3.63, 3.8) is 0 Å². The molecule has 17 heavy (non-hydrogen) atoms. The van der Waals surface area contributed by atoms with Crippen LogP contribution in [0.3, 0.4) is 0 Å². The van der Waals surface area contributed by atoms with Gasteiger partial charge >= 0.3 is 0 Å². The highest BCUT2D eigenvalue weighted by molar-refractivity contribution is 5.05. The van der Waals surface area contributed by atoms with Gasteiger partial charge in [0.05, 0.1) is 12.6 Å². The summed E-state index contributed by atoms with van der Waals surface area (Å²) in [4.78, 5) is 1.59. The van der Waals surface area contributed by atoms with E-state index >= 15 is 0 Å². The Kier molecular flexibility index (Phi) is 7.24. The van der Waals surface area contributed by atoms with Crippen molar-refractivity contribution in [3.05, 3.63) is 0 Å². The molecule has 0 aliphatic rings. The second-order valence-corrected chi connectivity index (χ2v) is 4.75. The van der Waals surface area contributed by atoms with Crippen LogP contribution in [-0.4, -0.2) is 43.0 Å².